The third-order valence-electron chi connectivity index (χ3n) is 5.83. The normalized spacial score (nSPS) is 19.9. The zero-order chi connectivity index (χ0) is 24.1. The lowest BCUT2D eigenvalue weighted by atomic mass is 10.00. The fraction of sp³-hybridized carbons (Fsp3) is 0.364. The standard InChI is InChI=1S/C22H20F3N5O4/c1-21(13-29-11-19(30(31)32)27-20(29)34-21)12-28-9-8-16-14(10-28)6-7-17(26-16)15-4-2-3-5-18(15)33-22(23,24)25/h2-7,11H,8-10,12-13H2,1H3/t21-/m0/s1. The highest BCUT2D eigenvalue weighted by Crippen LogP contribution is 2.35. The van der Waals surface area contributed by atoms with Crippen molar-refractivity contribution in [3.05, 3.63) is 64.0 Å². The van der Waals surface area contributed by atoms with Gasteiger partial charge in [0.2, 0.25) is 0 Å². The maximum absolute atomic E-state index is 12.8. The Hall–Kier alpha value is -3.67. The number of hydrogen-bond acceptors (Lipinski definition) is 7. The molecule has 0 fully saturated rings. The first-order valence-electron chi connectivity index (χ1n) is 10.6. The van der Waals surface area contributed by atoms with Crippen molar-refractivity contribution in [3.8, 4) is 23.0 Å². The van der Waals surface area contributed by atoms with Gasteiger partial charge in [-0.25, -0.2) is 0 Å². The van der Waals surface area contributed by atoms with Gasteiger partial charge >= 0.3 is 18.2 Å². The second kappa shape index (κ2) is 7.97. The fourth-order valence-corrected chi connectivity index (χ4v) is 4.49. The van der Waals surface area contributed by atoms with E-state index in [9.17, 15) is 23.3 Å². The van der Waals surface area contributed by atoms with Gasteiger partial charge in [0.15, 0.2) is 0 Å². The maximum Gasteiger partial charge on any atom is 0.573 e. The van der Waals surface area contributed by atoms with Gasteiger partial charge < -0.3 is 19.6 Å². The van der Waals surface area contributed by atoms with Gasteiger partial charge in [0.25, 0.3) is 0 Å². The summed E-state index contributed by atoms with van der Waals surface area (Å²) in [7, 11) is 0. The monoisotopic (exact) mass is 475 g/mol. The molecule has 1 atom stereocenters. The van der Waals surface area contributed by atoms with Gasteiger partial charge in [-0.1, -0.05) is 18.2 Å². The van der Waals surface area contributed by atoms with Crippen LogP contribution in [0.5, 0.6) is 11.8 Å². The average Bonchev–Trinajstić information content (AvgIpc) is 3.28. The van der Waals surface area contributed by atoms with E-state index in [1.165, 1.54) is 18.3 Å². The molecule has 4 heterocycles. The molecule has 2 aromatic heterocycles. The minimum Gasteiger partial charge on any atom is -0.436 e. The third-order valence-corrected chi connectivity index (χ3v) is 5.83. The largest absolute Gasteiger partial charge is 0.573 e. The number of imidazole rings is 1. The van der Waals surface area contributed by atoms with Crippen molar-refractivity contribution in [2.24, 2.45) is 0 Å². The number of nitrogens with zero attached hydrogens (tertiary/aromatic N) is 5. The van der Waals surface area contributed by atoms with E-state index in [2.05, 4.69) is 19.6 Å². The van der Waals surface area contributed by atoms with Crippen LogP contribution in [-0.2, 0) is 19.5 Å². The van der Waals surface area contributed by atoms with Crippen LogP contribution in [0.25, 0.3) is 11.3 Å². The predicted molar refractivity (Wildman–Crippen MR) is 113 cm³/mol. The molecule has 0 aliphatic carbocycles. The highest BCUT2D eigenvalue weighted by atomic mass is 19.4. The molecule has 0 unspecified atom stereocenters. The van der Waals surface area contributed by atoms with E-state index in [0.717, 1.165) is 11.3 Å². The summed E-state index contributed by atoms with van der Waals surface area (Å²) in [5.74, 6) is -0.531. The summed E-state index contributed by atoms with van der Waals surface area (Å²) >= 11 is 0. The number of hydrogen-bond donors (Lipinski definition) is 0. The number of alkyl halides is 3. The molecule has 0 amide bonds. The number of benzene rings is 1. The number of aromatic nitrogens is 3. The van der Waals surface area contributed by atoms with Gasteiger partial charge in [0, 0.05) is 42.3 Å². The molecule has 2 aliphatic rings. The van der Waals surface area contributed by atoms with Crippen LogP contribution in [0.2, 0.25) is 0 Å². The summed E-state index contributed by atoms with van der Waals surface area (Å²) < 4.78 is 50.1. The van der Waals surface area contributed by atoms with Crippen LogP contribution in [0, 0.1) is 10.1 Å². The molecular weight excluding hydrogens is 455 g/mol. The van der Waals surface area contributed by atoms with Crippen LogP contribution in [0.1, 0.15) is 18.2 Å². The lowest BCUT2D eigenvalue weighted by Gasteiger charge is -2.34. The molecule has 0 saturated carbocycles. The molecule has 9 nitrogen and oxygen atoms in total. The molecule has 0 bridgehead atoms. The Balaban J connectivity index is 1.29. The summed E-state index contributed by atoms with van der Waals surface area (Å²) in [6, 6.07) is 9.76. The number of pyridine rings is 1. The van der Waals surface area contributed by atoms with Crippen molar-refractivity contribution >= 4 is 5.82 Å². The summed E-state index contributed by atoms with van der Waals surface area (Å²) in [5.41, 5.74) is 1.93. The molecule has 0 saturated heterocycles. The maximum atomic E-state index is 12.8. The van der Waals surface area contributed by atoms with Crippen molar-refractivity contribution in [1.29, 1.82) is 0 Å². The van der Waals surface area contributed by atoms with Crippen molar-refractivity contribution < 1.29 is 27.6 Å². The fourth-order valence-electron chi connectivity index (χ4n) is 4.49. The molecule has 3 aromatic rings. The van der Waals surface area contributed by atoms with Crippen LogP contribution < -0.4 is 9.47 Å². The van der Waals surface area contributed by atoms with Crippen LogP contribution in [0.15, 0.2) is 42.6 Å². The van der Waals surface area contributed by atoms with E-state index in [-0.39, 0.29) is 23.1 Å². The van der Waals surface area contributed by atoms with Gasteiger partial charge in [-0.15, -0.1) is 13.2 Å². The zero-order valence-electron chi connectivity index (χ0n) is 18.1. The average molecular weight is 475 g/mol. The Morgan fingerprint density at radius 2 is 2.03 bits per heavy atom. The second-order valence-electron chi connectivity index (χ2n) is 8.63. The molecule has 34 heavy (non-hydrogen) atoms. The van der Waals surface area contributed by atoms with Gasteiger partial charge in [-0.05, 0) is 35.6 Å². The molecule has 178 valence electrons. The first kappa shape index (κ1) is 22.1. The van der Waals surface area contributed by atoms with Crippen molar-refractivity contribution in [2.75, 3.05) is 13.1 Å². The van der Waals surface area contributed by atoms with Gasteiger partial charge in [-0.3, -0.25) is 14.5 Å². The SMILES string of the molecule is C[C@]1(CN2CCc3nc(-c4ccccc4OC(F)(F)F)ccc3C2)Cn2cc([N+](=O)[O-])nc2O1. The molecule has 0 N–H and O–H groups in total. The molecule has 0 spiro atoms. The topological polar surface area (TPSA) is 95.6 Å². The number of fused-ring (bicyclic) bond motifs is 2. The minimum atomic E-state index is -4.79. The Morgan fingerprint density at radius 1 is 1.24 bits per heavy atom. The van der Waals surface area contributed by atoms with Crippen LogP contribution in [-0.4, -0.2) is 49.4 Å². The number of ether oxygens (including phenoxy) is 2. The van der Waals surface area contributed by atoms with Crippen molar-refractivity contribution in [3.63, 3.8) is 0 Å². The highest BCUT2D eigenvalue weighted by molar-refractivity contribution is 5.67. The van der Waals surface area contributed by atoms with E-state index in [1.54, 1.807) is 22.8 Å². The van der Waals surface area contributed by atoms with E-state index < -0.39 is 16.9 Å². The molecule has 12 heteroatoms. The van der Waals surface area contributed by atoms with Gasteiger partial charge in [0.1, 0.15) is 17.5 Å². The number of nitro groups is 1. The lowest BCUT2D eigenvalue weighted by molar-refractivity contribution is -0.389. The van der Waals surface area contributed by atoms with E-state index in [4.69, 9.17) is 4.74 Å². The number of halogens is 3. The Morgan fingerprint density at radius 3 is 2.76 bits per heavy atom. The van der Waals surface area contributed by atoms with Crippen molar-refractivity contribution in [2.45, 2.75) is 38.4 Å². The zero-order valence-corrected chi connectivity index (χ0v) is 18.1. The van der Waals surface area contributed by atoms with E-state index in [0.29, 0.717) is 38.3 Å². The summed E-state index contributed by atoms with van der Waals surface area (Å²) in [6.07, 6.45) is -2.79. The quantitative estimate of drug-likeness (QED) is 0.407. The van der Waals surface area contributed by atoms with E-state index in [1.807, 2.05) is 13.0 Å². The number of para-hydroxylation sites is 1. The van der Waals surface area contributed by atoms with Crippen LogP contribution in [0.4, 0.5) is 19.0 Å². The van der Waals surface area contributed by atoms with Gasteiger partial charge in [-0.2, -0.15) is 0 Å². The lowest BCUT2D eigenvalue weighted by Crippen LogP contribution is -2.46. The molecule has 0 radical (unpaired) electrons. The summed E-state index contributed by atoms with van der Waals surface area (Å²) in [6.45, 7) is 4.24. The van der Waals surface area contributed by atoms with Gasteiger partial charge in [0.05, 0.1) is 12.2 Å². The Labute approximate surface area is 191 Å². The molecule has 1 aromatic carbocycles. The predicted octanol–water partition coefficient (Wildman–Crippen LogP) is 3.96. The number of rotatable bonds is 5. The molecular formula is C22H20F3N5O4. The summed E-state index contributed by atoms with van der Waals surface area (Å²) in [5, 5.41) is 10.9. The highest BCUT2D eigenvalue weighted by Gasteiger charge is 2.42. The second-order valence-corrected chi connectivity index (χ2v) is 8.63. The third kappa shape index (κ3) is 4.40. The first-order valence-corrected chi connectivity index (χ1v) is 10.6. The smallest absolute Gasteiger partial charge is 0.436 e. The van der Waals surface area contributed by atoms with E-state index >= 15 is 0 Å². The van der Waals surface area contributed by atoms with Crippen molar-refractivity contribution in [1.82, 2.24) is 19.4 Å². The first-order chi connectivity index (χ1) is 16.1. The molecule has 5 rings (SSSR count). The minimum absolute atomic E-state index is 0.234. The summed E-state index contributed by atoms with van der Waals surface area (Å²) in [4.78, 5) is 21.1. The molecule has 2 aliphatic heterocycles. The van der Waals surface area contributed by atoms with Crippen LogP contribution >= 0.6 is 0 Å². The Kier molecular flexibility index (Phi) is 5.19. The Bertz CT molecular complexity index is 1240. The van der Waals surface area contributed by atoms with Crippen LogP contribution in [0.3, 0.4) is 0 Å².